The van der Waals surface area contributed by atoms with Gasteiger partial charge in [0.25, 0.3) is 5.91 Å². The molecule has 4 aromatic rings. The van der Waals surface area contributed by atoms with Crippen LogP contribution < -0.4 is 10.1 Å². The van der Waals surface area contributed by atoms with E-state index in [2.05, 4.69) is 10.3 Å². The summed E-state index contributed by atoms with van der Waals surface area (Å²) in [6, 6.07) is 21.2. The maximum Gasteiger partial charge on any atom is 0.255 e. The van der Waals surface area contributed by atoms with Gasteiger partial charge in [0.1, 0.15) is 11.4 Å². The van der Waals surface area contributed by atoms with Crippen molar-refractivity contribution in [3.63, 3.8) is 0 Å². The smallest absolute Gasteiger partial charge is 0.255 e. The van der Waals surface area contributed by atoms with E-state index >= 15 is 0 Å². The van der Waals surface area contributed by atoms with Crippen LogP contribution in [0.4, 0.5) is 0 Å². The van der Waals surface area contributed by atoms with Crippen LogP contribution in [0, 0.1) is 0 Å². The fourth-order valence-corrected chi connectivity index (χ4v) is 3.70. The summed E-state index contributed by atoms with van der Waals surface area (Å²) in [5.41, 5.74) is 3.79. The average molecular weight is 396 g/mol. The first-order valence-corrected chi connectivity index (χ1v) is 9.88. The molecule has 1 aliphatic rings. The number of fused-ring (bicyclic) bond motifs is 1. The first kappa shape index (κ1) is 18.1. The van der Waals surface area contributed by atoms with E-state index in [-0.39, 0.29) is 11.9 Å². The lowest BCUT2D eigenvalue weighted by atomic mass is 10.00. The van der Waals surface area contributed by atoms with Gasteiger partial charge in [0, 0.05) is 36.1 Å². The first-order valence-electron chi connectivity index (χ1n) is 9.88. The number of carbonyl (C=O) groups excluding carboxylic acids is 1. The second-order valence-corrected chi connectivity index (χ2v) is 7.11. The van der Waals surface area contributed by atoms with Gasteiger partial charge in [-0.1, -0.05) is 36.4 Å². The highest BCUT2D eigenvalue weighted by Crippen LogP contribution is 2.32. The quantitative estimate of drug-likeness (QED) is 0.562. The highest BCUT2D eigenvalue weighted by molar-refractivity contribution is 6.00. The zero-order chi connectivity index (χ0) is 20.3. The number of pyridine rings is 1. The molecule has 1 N–H and O–H groups in total. The number of rotatable bonds is 4. The van der Waals surface area contributed by atoms with Gasteiger partial charge in [0.15, 0.2) is 0 Å². The maximum atomic E-state index is 13.3. The number of carbonyl (C=O) groups is 1. The number of hydrogen-bond donors (Lipinski definition) is 1. The van der Waals surface area contributed by atoms with Crippen LogP contribution >= 0.6 is 0 Å². The number of nitrogens with zero attached hydrogens (tertiary/aromatic N) is 3. The zero-order valence-electron chi connectivity index (χ0n) is 16.2. The highest BCUT2D eigenvalue weighted by Gasteiger charge is 2.26. The summed E-state index contributed by atoms with van der Waals surface area (Å²) in [4.78, 5) is 17.5. The Labute approximate surface area is 174 Å². The van der Waals surface area contributed by atoms with E-state index in [9.17, 15) is 4.79 Å². The third-order valence-electron chi connectivity index (χ3n) is 5.18. The minimum Gasteiger partial charge on any atom is -0.493 e. The van der Waals surface area contributed by atoms with Crippen LogP contribution in [0.2, 0.25) is 0 Å². The van der Waals surface area contributed by atoms with Gasteiger partial charge in [-0.15, -0.1) is 0 Å². The van der Waals surface area contributed by atoms with Gasteiger partial charge in [-0.25, -0.2) is 4.68 Å². The number of aromatic nitrogens is 3. The summed E-state index contributed by atoms with van der Waals surface area (Å²) in [6.45, 7) is 0.570. The van der Waals surface area contributed by atoms with Gasteiger partial charge in [0.05, 0.1) is 23.9 Å². The summed E-state index contributed by atoms with van der Waals surface area (Å²) < 4.78 is 7.45. The average Bonchev–Trinajstić information content (AvgIpc) is 3.26. The molecule has 6 nitrogen and oxygen atoms in total. The fraction of sp³-hybridized carbons (Fsp3) is 0.125. The molecule has 2 aromatic carbocycles. The molecule has 0 radical (unpaired) electrons. The third kappa shape index (κ3) is 3.43. The van der Waals surface area contributed by atoms with Crippen molar-refractivity contribution in [2.45, 2.75) is 12.5 Å². The van der Waals surface area contributed by atoms with Crippen molar-refractivity contribution in [3.05, 3.63) is 96.4 Å². The minimum absolute atomic E-state index is 0.107. The summed E-state index contributed by atoms with van der Waals surface area (Å²) in [6.07, 6.45) is 5.92. The van der Waals surface area contributed by atoms with Crippen molar-refractivity contribution in [3.8, 4) is 22.7 Å². The second kappa shape index (κ2) is 7.83. The van der Waals surface area contributed by atoms with E-state index in [0.717, 1.165) is 29.0 Å². The van der Waals surface area contributed by atoms with Gasteiger partial charge in [-0.3, -0.25) is 9.78 Å². The predicted molar refractivity (Wildman–Crippen MR) is 114 cm³/mol. The highest BCUT2D eigenvalue weighted by atomic mass is 16.5. The van der Waals surface area contributed by atoms with Crippen molar-refractivity contribution in [1.29, 1.82) is 0 Å². The van der Waals surface area contributed by atoms with Crippen LogP contribution in [0.25, 0.3) is 16.9 Å². The Balaban J connectivity index is 1.52. The number of nitrogens with one attached hydrogen (secondary N) is 1. The molecule has 1 amide bonds. The number of ether oxygens (including phenoxy) is 1. The van der Waals surface area contributed by atoms with Crippen molar-refractivity contribution >= 4 is 5.91 Å². The van der Waals surface area contributed by atoms with Crippen LogP contribution in [-0.2, 0) is 0 Å². The van der Waals surface area contributed by atoms with E-state index < -0.39 is 0 Å². The molecule has 30 heavy (non-hydrogen) atoms. The number of amides is 1. The van der Waals surface area contributed by atoms with Gasteiger partial charge in [0.2, 0.25) is 0 Å². The Morgan fingerprint density at radius 1 is 1.03 bits per heavy atom. The first-order chi connectivity index (χ1) is 14.8. The lowest BCUT2D eigenvalue weighted by molar-refractivity contribution is 0.0925. The fourth-order valence-electron chi connectivity index (χ4n) is 3.70. The topological polar surface area (TPSA) is 69.0 Å². The lowest BCUT2D eigenvalue weighted by Gasteiger charge is -2.26. The van der Waals surface area contributed by atoms with Crippen LogP contribution in [0.5, 0.6) is 5.75 Å². The monoisotopic (exact) mass is 396 g/mol. The SMILES string of the molecule is O=C(N[C@H]1CCOc2ccccc21)c1cn(-c2ccccc2)nc1-c1cccnc1. The molecule has 0 spiro atoms. The standard InChI is InChI=1S/C24H20N4O2/c29-24(26-21-12-14-30-22-11-5-4-10-19(21)22)20-16-28(18-8-2-1-3-9-18)27-23(20)17-7-6-13-25-15-17/h1-11,13,15-16,21H,12,14H2,(H,26,29)/t21-/m0/s1. The van der Waals surface area contributed by atoms with Crippen molar-refractivity contribution in [1.82, 2.24) is 20.1 Å². The molecular formula is C24H20N4O2. The molecule has 0 saturated carbocycles. The normalized spacial score (nSPS) is 15.1. The van der Waals surface area contributed by atoms with Gasteiger partial charge < -0.3 is 10.1 Å². The van der Waals surface area contributed by atoms with Gasteiger partial charge in [-0.2, -0.15) is 5.10 Å². The van der Waals surface area contributed by atoms with Crippen LogP contribution in [0.3, 0.4) is 0 Å². The van der Waals surface area contributed by atoms with E-state index in [4.69, 9.17) is 9.84 Å². The molecular weight excluding hydrogens is 376 g/mol. The van der Waals surface area contributed by atoms with Crippen LogP contribution in [-0.4, -0.2) is 27.3 Å². The Morgan fingerprint density at radius 3 is 2.70 bits per heavy atom. The Bertz CT molecular complexity index is 1170. The number of benzene rings is 2. The van der Waals surface area contributed by atoms with E-state index in [1.165, 1.54) is 0 Å². The number of para-hydroxylation sites is 2. The second-order valence-electron chi connectivity index (χ2n) is 7.11. The number of hydrogen-bond acceptors (Lipinski definition) is 4. The molecule has 0 aliphatic carbocycles. The third-order valence-corrected chi connectivity index (χ3v) is 5.18. The minimum atomic E-state index is -0.169. The van der Waals surface area contributed by atoms with Crippen molar-refractivity contribution in [2.24, 2.45) is 0 Å². The summed E-state index contributed by atoms with van der Waals surface area (Å²) in [5, 5.41) is 7.87. The molecule has 2 aromatic heterocycles. The van der Waals surface area contributed by atoms with Crippen LogP contribution in [0.15, 0.2) is 85.3 Å². The van der Waals surface area contributed by atoms with Gasteiger partial charge >= 0.3 is 0 Å². The maximum absolute atomic E-state index is 13.3. The van der Waals surface area contributed by atoms with E-state index in [1.54, 1.807) is 23.3 Å². The molecule has 1 aliphatic heterocycles. The molecule has 6 heteroatoms. The summed E-state index contributed by atoms with van der Waals surface area (Å²) in [7, 11) is 0. The van der Waals surface area contributed by atoms with E-state index in [0.29, 0.717) is 17.9 Å². The van der Waals surface area contributed by atoms with Gasteiger partial charge in [-0.05, 0) is 30.3 Å². The Kier molecular flexibility index (Phi) is 4.73. The molecule has 148 valence electrons. The Hall–Kier alpha value is -3.93. The summed E-state index contributed by atoms with van der Waals surface area (Å²) >= 11 is 0. The molecule has 0 fully saturated rings. The largest absolute Gasteiger partial charge is 0.493 e. The molecule has 0 saturated heterocycles. The summed E-state index contributed by atoms with van der Waals surface area (Å²) in [5.74, 6) is 0.652. The Morgan fingerprint density at radius 2 is 1.87 bits per heavy atom. The lowest BCUT2D eigenvalue weighted by Crippen LogP contribution is -2.32. The van der Waals surface area contributed by atoms with E-state index in [1.807, 2.05) is 66.7 Å². The van der Waals surface area contributed by atoms with Crippen molar-refractivity contribution in [2.75, 3.05) is 6.61 Å². The molecule has 1 atom stereocenters. The van der Waals surface area contributed by atoms with Crippen molar-refractivity contribution < 1.29 is 9.53 Å². The molecule has 5 rings (SSSR count). The molecule has 3 heterocycles. The molecule has 0 unspecified atom stereocenters. The molecule has 0 bridgehead atoms. The predicted octanol–water partition coefficient (Wildman–Crippen LogP) is 4.19. The van der Waals surface area contributed by atoms with Crippen LogP contribution in [0.1, 0.15) is 28.4 Å². The zero-order valence-corrected chi connectivity index (χ0v) is 16.2.